The Labute approximate surface area is 307 Å². The summed E-state index contributed by atoms with van der Waals surface area (Å²) in [6.45, 7) is 6.88. The second kappa shape index (κ2) is 14.1. The molecule has 9 nitrogen and oxygen atoms in total. The van der Waals surface area contributed by atoms with Crippen LogP contribution in [0.15, 0.2) is 52.9 Å². The summed E-state index contributed by atoms with van der Waals surface area (Å²) >= 11 is 6.47. The van der Waals surface area contributed by atoms with Gasteiger partial charge in [0.1, 0.15) is 11.5 Å². The molecule has 4 heterocycles. The SMILES string of the molecule is CO[C@H]1/C=C/C[C@H](C)C[S@@](=O)(CC(=O)N2CC(C3COC3)C2)=NC(=O)c2ccc3c(c2)N(C[C@@H]2CC[C@H]21)C[C@@]1(CCCc2cc(Cl)ccc21)CO3. The average molecular weight is 736 g/mol. The van der Waals surface area contributed by atoms with Gasteiger partial charge in [-0.25, -0.2) is 4.21 Å². The molecule has 0 aromatic heterocycles. The van der Waals surface area contributed by atoms with Gasteiger partial charge in [-0.05, 0) is 97.7 Å². The first-order valence-electron chi connectivity index (χ1n) is 18.7. The first-order valence-corrected chi connectivity index (χ1v) is 21.0. The van der Waals surface area contributed by atoms with E-state index in [2.05, 4.69) is 33.5 Å². The number of fused-ring (bicyclic) bond motifs is 4. The van der Waals surface area contributed by atoms with E-state index in [4.69, 9.17) is 25.8 Å². The van der Waals surface area contributed by atoms with Crippen molar-refractivity contribution >= 4 is 38.8 Å². The molecular weight excluding hydrogens is 686 g/mol. The van der Waals surface area contributed by atoms with Crippen LogP contribution in [0.2, 0.25) is 5.02 Å². The predicted octanol–water partition coefficient (Wildman–Crippen LogP) is 6.16. The van der Waals surface area contributed by atoms with E-state index in [1.807, 2.05) is 25.1 Å². The van der Waals surface area contributed by atoms with Crippen LogP contribution in [0.1, 0.15) is 60.5 Å². The van der Waals surface area contributed by atoms with Crippen LogP contribution < -0.4 is 9.64 Å². The lowest BCUT2D eigenvalue weighted by atomic mass is 9.68. The second-order valence-corrected chi connectivity index (χ2v) is 18.9. The van der Waals surface area contributed by atoms with Crippen molar-refractivity contribution in [2.24, 2.45) is 34.0 Å². The number of carbonyl (C=O) groups excluding carboxylic acids is 2. The number of halogens is 1. The minimum atomic E-state index is -3.20. The number of hydrogen-bond acceptors (Lipinski definition) is 7. The van der Waals surface area contributed by atoms with Crippen molar-refractivity contribution in [3.8, 4) is 5.75 Å². The lowest BCUT2D eigenvalue weighted by Gasteiger charge is -2.46. The highest BCUT2D eigenvalue weighted by atomic mass is 35.5. The third kappa shape index (κ3) is 6.98. The van der Waals surface area contributed by atoms with Crippen LogP contribution in [-0.2, 0) is 35.8 Å². The summed E-state index contributed by atoms with van der Waals surface area (Å²) in [5.74, 6) is 1.56. The van der Waals surface area contributed by atoms with Gasteiger partial charge < -0.3 is 24.0 Å². The number of benzene rings is 2. The molecule has 8 rings (SSSR count). The number of methoxy groups -OCH3 is 1. The van der Waals surface area contributed by atoms with E-state index in [-0.39, 0.29) is 34.8 Å². The Kier molecular flexibility index (Phi) is 9.74. The predicted molar refractivity (Wildman–Crippen MR) is 199 cm³/mol. The Bertz CT molecular complexity index is 1830. The van der Waals surface area contributed by atoms with E-state index >= 15 is 0 Å². The fourth-order valence-corrected chi connectivity index (χ4v) is 11.7. The van der Waals surface area contributed by atoms with Crippen LogP contribution in [0.25, 0.3) is 0 Å². The van der Waals surface area contributed by atoms with Gasteiger partial charge in [-0.3, -0.25) is 9.59 Å². The Morgan fingerprint density at radius 1 is 1.10 bits per heavy atom. The topological polar surface area (TPSA) is 97.7 Å². The molecule has 2 amide bonds. The van der Waals surface area contributed by atoms with Gasteiger partial charge in [0.05, 0.1) is 41.3 Å². The first-order chi connectivity index (χ1) is 24.6. The van der Waals surface area contributed by atoms with E-state index in [9.17, 15) is 13.8 Å². The van der Waals surface area contributed by atoms with Gasteiger partial charge in [0.15, 0.2) is 0 Å². The molecule has 2 saturated heterocycles. The molecule has 51 heavy (non-hydrogen) atoms. The maximum atomic E-state index is 14.6. The number of likely N-dealkylation sites (tertiary alicyclic amines) is 1. The zero-order valence-electron chi connectivity index (χ0n) is 29.8. The van der Waals surface area contributed by atoms with Crippen molar-refractivity contribution in [3.63, 3.8) is 0 Å². The van der Waals surface area contributed by atoms with Crippen molar-refractivity contribution in [3.05, 3.63) is 70.3 Å². The lowest BCUT2D eigenvalue weighted by Crippen LogP contribution is -2.57. The molecule has 2 bridgehead atoms. The molecule has 274 valence electrons. The van der Waals surface area contributed by atoms with Crippen LogP contribution in [0, 0.1) is 29.6 Å². The van der Waals surface area contributed by atoms with Gasteiger partial charge in [-0.1, -0.05) is 36.7 Å². The van der Waals surface area contributed by atoms with Crippen LogP contribution in [-0.4, -0.2) is 91.6 Å². The smallest absolute Gasteiger partial charge is 0.285 e. The highest BCUT2D eigenvalue weighted by molar-refractivity contribution is 7.94. The number of aryl methyl sites for hydroxylation is 1. The summed E-state index contributed by atoms with van der Waals surface area (Å²) < 4.78 is 37.2. The number of ether oxygens (including phenoxy) is 3. The second-order valence-electron chi connectivity index (χ2n) is 16.1. The molecule has 0 radical (unpaired) electrons. The molecule has 2 aliphatic carbocycles. The fraction of sp³-hybridized carbons (Fsp3) is 0.600. The zero-order valence-corrected chi connectivity index (χ0v) is 31.3. The summed E-state index contributed by atoms with van der Waals surface area (Å²) in [5, 5.41) is 0.752. The molecule has 6 atom stereocenters. The van der Waals surface area contributed by atoms with E-state index < -0.39 is 15.6 Å². The van der Waals surface area contributed by atoms with Crippen LogP contribution in [0.5, 0.6) is 5.75 Å². The van der Waals surface area contributed by atoms with Gasteiger partial charge in [-0.2, -0.15) is 4.36 Å². The van der Waals surface area contributed by atoms with E-state index in [1.54, 1.807) is 18.1 Å². The normalized spacial score (nSPS) is 33.4. The molecule has 1 spiro atoms. The molecule has 3 fully saturated rings. The Balaban J connectivity index is 1.15. The van der Waals surface area contributed by atoms with E-state index in [1.165, 1.54) is 11.1 Å². The molecule has 4 aliphatic heterocycles. The van der Waals surface area contributed by atoms with Crippen molar-refractivity contribution in [1.29, 1.82) is 0 Å². The number of amides is 2. The van der Waals surface area contributed by atoms with Gasteiger partial charge >= 0.3 is 0 Å². The summed E-state index contributed by atoms with van der Waals surface area (Å²) in [7, 11) is -1.42. The van der Waals surface area contributed by atoms with Crippen molar-refractivity contribution in [2.75, 3.05) is 69.5 Å². The molecule has 0 N–H and O–H groups in total. The number of rotatable bonds is 4. The number of carbonyl (C=O) groups is 2. The minimum absolute atomic E-state index is 0.0259. The Morgan fingerprint density at radius 2 is 1.94 bits per heavy atom. The zero-order chi connectivity index (χ0) is 35.3. The van der Waals surface area contributed by atoms with Gasteiger partial charge in [-0.15, -0.1) is 0 Å². The quantitative estimate of drug-likeness (QED) is 0.347. The summed E-state index contributed by atoms with van der Waals surface area (Å²) in [5.41, 5.74) is 3.56. The van der Waals surface area contributed by atoms with Crippen LogP contribution >= 0.6 is 11.6 Å². The van der Waals surface area contributed by atoms with E-state index in [0.29, 0.717) is 55.4 Å². The molecule has 1 saturated carbocycles. The van der Waals surface area contributed by atoms with E-state index in [0.717, 1.165) is 74.9 Å². The summed E-state index contributed by atoms with van der Waals surface area (Å²) in [6.07, 6.45) is 10.2. The van der Waals surface area contributed by atoms with Crippen molar-refractivity contribution in [2.45, 2.75) is 57.0 Å². The number of hydrogen-bond donors (Lipinski definition) is 0. The maximum absolute atomic E-state index is 14.6. The number of allylic oxidation sites excluding steroid dienone is 1. The largest absolute Gasteiger partial charge is 0.490 e. The molecule has 6 aliphatic rings. The first kappa shape index (κ1) is 35.1. The number of nitrogens with zero attached hydrogens (tertiary/aromatic N) is 3. The maximum Gasteiger partial charge on any atom is 0.285 e. The number of anilines is 1. The molecule has 11 heteroatoms. The average Bonchev–Trinajstić information content (AvgIpc) is 3.19. The minimum Gasteiger partial charge on any atom is -0.490 e. The molecular formula is C40H50ClN3O6S. The summed E-state index contributed by atoms with van der Waals surface area (Å²) in [6, 6.07) is 11.8. The fourth-order valence-electron chi connectivity index (χ4n) is 9.29. The highest BCUT2D eigenvalue weighted by Crippen LogP contribution is 2.47. The molecule has 0 unspecified atom stereocenters. The van der Waals surface area contributed by atoms with Gasteiger partial charge in [0.2, 0.25) is 5.91 Å². The van der Waals surface area contributed by atoms with Crippen LogP contribution in [0.3, 0.4) is 0 Å². The third-order valence-corrected chi connectivity index (χ3v) is 15.0. The lowest BCUT2D eigenvalue weighted by molar-refractivity contribution is -0.144. The van der Waals surface area contributed by atoms with Crippen molar-refractivity contribution < 1.29 is 28.0 Å². The summed E-state index contributed by atoms with van der Waals surface area (Å²) in [4.78, 5) is 31.7. The van der Waals surface area contributed by atoms with Gasteiger partial charge in [0.25, 0.3) is 5.91 Å². The molecule has 2 aromatic carbocycles. The van der Waals surface area contributed by atoms with Crippen molar-refractivity contribution in [1.82, 2.24) is 4.90 Å². The monoisotopic (exact) mass is 735 g/mol. The Morgan fingerprint density at radius 3 is 2.69 bits per heavy atom. The highest BCUT2D eigenvalue weighted by Gasteiger charge is 2.45. The van der Waals surface area contributed by atoms with Gasteiger partial charge in [0, 0.05) is 66.9 Å². The van der Waals surface area contributed by atoms with Crippen LogP contribution in [0.4, 0.5) is 5.69 Å². The third-order valence-electron chi connectivity index (χ3n) is 12.5. The standard InChI is InChI=1S/C40H50ClN3O6S/c1-26-5-3-7-36(48-2)33-11-8-29(33)17-44-24-40(14-4-6-27-15-32(41)10-12-34(27)40)25-50-37-13-9-28(16-35(37)44)39(46)42-51(47,22-26)23-38(45)43-18-30(19-43)31-20-49-21-31/h3,7,9-10,12-13,15-16,26,29-31,33,36H,4-6,8,11,14,17-25H2,1-2H3/b7-3+/t26-,29-,33+,36-,40-,51+/m0/s1. The molecule has 2 aromatic rings. The Hall–Kier alpha value is -2.92.